The molecule has 1 aliphatic rings. The third kappa shape index (κ3) is 4.64. The molecule has 1 aliphatic heterocycles. The Labute approximate surface area is 184 Å². The number of carboxylic acid groups (broad SMARTS) is 2. The standard InChI is InChI=1S/C19H14N2O8S2/c1-9-2-4-11(12(6-9)21(27)28)14-5-3-10(29-14)7-15-17(24)20(19(30)31-15)13(18(25)26)8-16(22)23/h2-7,13H,8H2,1H3,(H,22,23)(H,25,26). The van der Waals surface area contributed by atoms with Crippen molar-refractivity contribution in [2.45, 2.75) is 19.4 Å². The van der Waals surface area contributed by atoms with Crippen molar-refractivity contribution >= 4 is 57.9 Å². The Kier molecular flexibility index (Phi) is 6.22. The number of aliphatic carboxylic acids is 2. The maximum Gasteiger partial charge on any atom is 0.327 e. The molecule has 0 saturated carbocycles. The molecular weight excluding hydrogens is 448 g/mol. The van der Waals surface area contributed by atoms with E-state index in [0.717, 1.165) is 16.7 Å². The summed E-state index contributed by atoms with van der Waals surface area (Å²) in [4.78, 5) is 46.7. The zero-order valence-electron chi connectivity index (χ0n) is 15.8. The molecule has 1 fully saturated rings. The number of rotatable bonds is 7. The summed E-state index contributed by atoms with van der Waals surface area (Å²) in [5.74, 6) is -3.24. The first-order valence-electron chi connectivity index (χ1n) is 8.65. The molecule has 0 aliphatic carbocycles. The number of thiocarbonyl (C=S) groups is 1. The number of nitro benzene ring substituents is 1. The van der Waals surface area contributed by atoms with Crippen molar-refractivity contribution in [2.24, 2.45) is 0 Å². The van der Waals surface area contributed by atoms with Gasteiger partial charge in [-0.1, -0.05) is 30.0 Å². The van der Waals surface area contributed by atoms with Gasteiger partial charge in [0.1, 0.15) is 21.9 Å². The maximum absolute atomic E-state index is 12.7. The van der Waals surface area contributed by atoms with Crippen LogP contribution in [0.3, 0.4) is 0 Å². The van der Waals surface area contributed by atoms with Crippen LogP contribution >= 0.6 is 24.0 Å². The van der Waals surface area contributed by atoms with Crippen LogP contribution in [0.25, 0.3) is 17.4 Å². The van der Waals surface area contributed by atoms with Gasteiger partial charge in [-0.05, 0) is 30.7 Å². The predicted octanol–water partition coefficient (Wildman–Crippen LogP) is 3.29. The quantitative estimate of drug-likeness (QED) is 0.271. The molecule has 3 rings (SSSR count). The molecule has 0 radical (unpaired) electrons. The van der Waals surface area contributed by atoms with Gasteiger partial charge in [0.15, 0.2) is 0 Å². The SMILES string of the molecule is Cc1ccc(-c2ccc(C=C3SC(=S)N(C(CC(=O)O)C(=O)O)C3=O)o2)c([N+](=O)[O-])c1. The van der Waals surface area contributed by atoms with Gasteiger partial charge in [-0.15, -0.1) is 0 Å². The highest BCUT2D eigenvalue weighted by Gasteiger charge is 2.41. The number of aryl methyl sites for hydroxylation is 1. The van der Waals surface area contributed by atoms with E-state index in [-0.39, 0.29) is 32.0 Å². The first kappa shape index (κ1) is 22.2. The van der Waals surface area contributed by atoms with Gasteiger partial charge in [0.2, 0.25) is 0 Å². The van der Waals surface area contributed by atoms with Crippen LogP contribution in [0.15, 0.2) is 39.7 Å². The Hall–Kier alpha value is -3.51. The lowest BCUT2D eigenvalue weighted by atomic mass is 10.1. The van der Waals surface area contributed by atoms with Crippen LogP contribution in [-0.2, 0) is 14.4 Å². The van der Waals surface area contributed by atoms with Gasteiger partial charge < -0.3 is 14.6 Å². The van der Waals surface area contributed by atoms with Crippen LogP contribution in [0.4, 0.5) is 5.69 Å². The summed E-state index contributed by atoms with van der Waals surface area (Å²) in [5, 5.41) is 29.6. The highest BCUT2D eigenvalue weighted by molar-refractivity contribution is 8.26. The summed E-state index contributed by atoms with van der Waals surface area (Å²) in [6.45, 7) is 1.72. The topological polar surface area (TPSA) is 151 Å². The summed E-state index contributed by atoms with van der Waals surface area (Å²) in [6, 6.07) is 6.03. The van der Waals surface area contributed by atoms with Gasteiger partial charge in [0.25, 0.3) is 11.6 Å². The Morgan fingerprint density at radius 1 is 1.32 bits per heavy atom. The smallest absolute Gasteiger partial charge is 0.327 e. The number of thioether (sulfide) groups is 1. The molecule has 1 aromatic carbocycles. The number of hydrogen-bond donors (Lipinski definition) is 2. The molecule has 1 saturated heterocycles. The number of hydrogen-bond acceptors (Lipinski definition) is 8. The van der Waals surface area contributed by atoms with E-state index in [2.05, 4.69) is 0 Å². The van der Waals surface area contributed by atoms with Gasteiger partial charge in [-0.25, -0.2) is 4.79 Å². The fourth-order valence-electron chi connectivity index (χ4n) is 2.91. The number of benzene rings is 1. The second-order valence-electron chi connectivity index (χ2n) is 6.48. The Morgan fingerprint density at radius 2 is 2.03 bits per heavy atom. The number of carbonyl (C=O) groups excluding carboxylic acids is 1. The van der Waals surface area contributed by atoms with Crippen LogP contribution in [0.1, 0.15) is 17.7 Å². The average Bonchev–Trinajstić information content (AvgIpc) is 3.24. The van der Waals surface area contributed by atoms with Crippen molar-refractivity contribution in [3.8, 4) is 11.3 Å². The fraction of sp³-hybridized carbons (Fsp3) is 0.158. The maximum atomic E-state index is 12.7. The van der Waals surface area contributed by atoms with Gasteiger partial charge in [0.05, 0.1) is 21.8 Å². The zero-order chi connectivity index (χ0) is 22.9. The molecule has 1 amide bonds. The van der Waals surface area contributed by atoms with Crippen molar-refractivity contribution in [3.05, 3.63) is 56.7 Å². The normalized spacial score (nSPS) is 16.0. The Balaban J connectivity index is 1.91. The molecule has 2 N–H and O–H groups in total. The molecule has 10 nitrogen and oxygen atoms in total. The molecule has 2 aromatic rings. The molecule has 0 spiro atoms. The molecule has 1 aromatic heterocycles. The van der Waals surface area contributed by atoms with E-state index >= 15 is 0 Å². The van der Waals surface area contributed by atoms with Crippen LogP contribution in [-0.4, -0.2) is 48.2 Å². The van der Waals surface area contributed by atoms with Crippen molar-refractivity contribution in [1.29, 1.82) is 0 Å². The number of nitro groups is 1. The summed E-state index contributed by atoms with van der Waals surface area (Å²) in [5.41, 5.74) is 0.834. The average molecular weight is 462 g/mol. The summed E-state index contributed by atoms with van der Waals surface area (Å²) >= 11 is 5.87. The third-order valence-corrected chi connectivity index (χ3v) is 5.63. The molecule has 1 unspecified atom stereocenters. The monoisotopic (exact) mass is 462 g/mol. The minimum atomic E-state index is -1.64. The van der Waals surface area contributed by atoms with E-state index in [0.29, 0.717) is 5.56 Å². The van der Waals surface area contributed by atoms with E-state index in [4.69, 9.17) is 21.7 Å². The molecule has 31 heavy (non-hydrogen) atoms. The van der Waals surface area contributed by atoms with Crippen LogP contribution in [0.5, 0.6) is 0 Å². The summed E-state index contributed by atoms with van der Waals surface area (Å²) < 4.78 is 5.54. The fourth-order valence-corrected chi connectivity index (χ4v) is 4.25. The highest BCUT2D eigenvalue weighted by Crippen LogP contribution is 2.36. The minimum Gasteiger partial charge on any atom is -0.481 e. The molecule has 160 valence electrons. The number of amides is 1. The first-order chi connectivity index (χ1) is 14.6. The van der Waals surface area contributed by atoms with E-state index in [9.17, 15) is 29.6 Å². The van der Waals surface area contributed by atoms with E-state index in [1.807, 2.05) is 0 Å². The molecule has 0 bridgehead atoms. The van der Waals surface area contributed by atoms with E-state index in [1.165, 1.54) is 24.3 Å². The molecule has 12 heteroatoms. The first-order valence-corrected chi connectivity index (χ1v) is 9.88. The van der Waals surface area contributed by atoms with Crippen LogP contribution < -0.4 is 0 Å². The molecule has 2 heterocycles. The van der Waals surface area contributed by atoms with Crippen molar-refractivity contribution < 1.29 is 33.9 Å². The Morgan fingerprint density at radius 3 is 2.65 bits per heavy atom. The largest absolute Gasteiger partial charge is 0.481 e. The summed E-state index contributed by atoms with van der Waals surface area (Å²) in [6.07, 6.45) is 0.513. The van der Waals surface area contributed by atoms with E-state index in [1.54, 1.807) is 19.1 Å². The lowest BCUT2D eigenvalue weighted by Crippen LogP contribution is -2.45. The number of nitrogens with zero attached hydrogens (tertiary/aromatic N) is 2. The summed E-state index contributed by atoms with van der Waals surface area (Å²) in [7, 11) is 0. The van der Waals surface area contributed by atoms with Crippen molar-refractivity contribution in [3.63, 3.8) is 0 Å². The van der Waals surface area contributed by atoms with Gasteiger partial charge in [-0.3, -0.25) is 24.6 Å². The minimum absolute atomic E-state index is 0.0425. The van der Waals surface area contributed by atoms with Crippen LogP contribution in [0, 0.1) is 17.0 Å². The van der Waals surface area contributed by atoms with Crippen molar-refractivity contribution in [1.82, 2.24) is 4.90 Å². The van der Waals surface area contributed by atoms with Gasteiger partial charge in [0, 0.05) is 12.1 Å². The lowest BCUT2D eigenvalue weighted by Gasteiger charge is -2.21. The predicted molar refractivity (Wildman–Crippen MR) is 114 cm³/mol. The van der Waals surface area contributed by atoms with Gasteiger partial charge in [-0.2, -0.15) is 0 Å². The van der Waals surface area contributed by atoms with Crippen molar-refractivity contribution in [2.75, 3.05) is 0 Å². The van der Waals surface area contributed by atoms with Crippen LogP contribution in [0.2, 0.25) is 0 Å². The number of furan rings is 1. The molecular formula is C19H14N2O8S2. The number of carbonyl (C=O) groups is 3. The lowest BCUT2D eigenvalue weighted by molar-refractivity contribution is -0.384. The third-order valence-electron chi connectivity index (χ3n) is 4.30. The second-order valence-corrected chi connectivity index (χ2v) is 8.16. The van der Waals surface area contributed by atoms with Gasteiger partial charge >= 0.3 is 11.9 Å². The zero-order valence-corrected chi connectivity index (χ0v) is 17.4. The molecule has 1 atom stereocenters. The van der Waals surface area contributed by atoms with E-state index < -0.39 is 35.2 Å². The highest BCUT2D eigenvalue weighted by atomic mass is 32.2. The Bertz CT molecular complexity index is 1150. The second kappa shape index (κ2) is 8.70. The number of carboxylic acids is 2.